The van der Waals surface area contributed by atoms with Crippen LogP contribution in [0.15, 0.2) is 0 Å². The van der Waals surface area contributed by atoms with Gasteiger partial charge in [-0.2, -0.15) is 0 Å². The van der Waals surface area contributed by atoms with E-state index >= 15 is 0 Å². The Balaban J connectivity index is 2.40. The quantitative estimate of drug-likeness (QED) is 0.581. The first-order valence-corrected chi connectivity index (χ1v) is 6.98. The fourth-order valence-corrected chi connectivity index (χ4v) is 4.15. The van der Waals surface area contributed by atoms with E-state index in [1.54, 1.807) is 0 Å². The van der Waals surface area contributed by atoms with Crippen molar-refractivity contribution >= 4 is 37.9 Å². The Kier molecular flexibility index (Phi) is 2.01. The van der Waals surface area contributed by atoms with Crippen molar-refractivity contribution in [3.8, 4) is 0 Å². The second kappa shape index (κ2) is 3.20. The summed E-state index contributed by atoms with van der Waals surface area (Å²) in [5, 5.41) is 0. The first-order valence-electron chi connectivity index (χ1n) is 4.63. The predicted molar refractivity (Wildman–Crippen MR) is 59.6 cm³/mol. The summed E-state index contributed by atoms with van der Waals surface area (Å²) in [5.41, 5.74) is 1.64. The zero-order valence-electron chi connectivity index (χ0n) is 8.53. The van der Waals surface area contributed by atoms with Gasteiger partial charge in [0.15, 0.2) is 0 Å². The molecule has 3 rings (SSSR count). The van der Waals surface area contributed by atoms with E-state index in [0.717, 1.165) is 9.75 Å². The van der Waals surface area contributed by atoms with E-state index in [2.05, 4.69) is 7.96 Å². The summed E-state index contributed by atoms with van der Waals surface area (Å²) >= 11 is 1.16. The Bertz CT molecular complexity index is 590. The van der Waals surface area contributed by atoms with Crippen LogP contribution in [0.4, 0.5) is 0 Å². The van der Waals surface area contributed by atoms with Gasteiger partial charge in [-0.05, 0) is 0 Å². The second-order valence-corrected chi connectivity index (χ2v) is 6.12. The monoisotopic (exact) mass is 298 g/mol. The average molecular weight is 297 g/mol. The number of aromatic nitrogens is 2. The van der Waals surface area contributed by atoms with Gasteiger partial charge in [0.1, 0.15) is 0 Å². The molecule has 0 amide bonds. The number of hydrogen-bond acceptors (Lipinski definition) is 5. The molecular formula is C10H6N2O2SSe. The third-order valence-corrected chi connectivity index (χ3v) is 4.76. The van der Waals surface area contributed by atoms with Crippen LogP contribution in [0.3, 0.4) is 0 Å². The minimum atomic E-state index is -0.329. The van der Waals surface area contributed by atoms with Crippen LogP contribution >= 0.6 is 11.3 Å². The van der Waals surface area contributed by atoms with Crippen molar-refractivity contribution < 1.29 is 9.59 Å². The van der Waals surface area contributed by atoms with Crippen molar-refractivity contribution in [2.75, 3.05) is 0 Å². The van der Waals surface area contributed by atoms with Crippen LogP contribution < -0.4 is 0 Å². The number of nitrogens with zero attached hydrogens (tertiary/aromatic N) is 2. The van der Waals surface area contributed by atoms with Crippen molar-refractivity contribution in [2.24, 2.45) is 0 Å². The summed E-state index contributed by atoms with van der Waals surface area (Å²) in [6.45, 7) is 3.73. The molecule has 16 heavy (non-hydrogen) atoms. The Morgan fingerprint density at radius 2 is 1.38 bits per heavy atom. The van der Waals surface area contributed by atoms with Crippen LogP contribution in [0.5, 0.6) is 0 Å². The summed E-state index contributed by atoms with van der Waals surface area (Å²) in [5.74, 6) is -0.260. The normalized spacial score (nSPS) is 13.9. The number of carbonyl (C=O) groups excluding carboxylic acids is 2. The van der Waals surface area contributed by atoms with Gasteiger partial charge in [-0.3, -0.25) is 0 Å². The molecule has 2 aromatic heterocycles. The van der Waals surface area contributed by atoms with Crippen LogP contribution in [-0.2, 0) is 0 Å². The third kappa shape index (κ3) is 1.09. The number of ketones is 2. The molecule has 0 fully saturated rings. The van der Waals surface area contributed by atoms with Gasteiger partial charge in [0, 0.05) is 0 Å². The first-order chi connectivity index (χ1) is 7.61. The van der Waals surface area contributed by atoms with E-state index in [9.17, 15) is 9.59 Å². The fraction of sp³-hybridized carbons (Fsp3) is 0.200. The number of rotatable bonds is 0. The van der Waals surface area contributed by atoms with Crippen molar-refractivity contribution in [1.29, 1.82) is 0 Å². The molecule has 2 heterocycles. The van der Waals surface area contributed by atoms with Crippen molar-refractivity contribution in [2.45, 2.75) is 13.8 Å². The number of thiophene rings is 1. The average Bonchev–Trinajstić information content (AvgIpc) is 2.80. The molecule has 6 heteroatoms. The van der Waals surface area contributed by atoms with Gasteiger partial charge in [-0.15, -0.1) is 0 Å². The van der Waals surface area contributed by atoms with Gasteiger partial charge in [-0.1, -0.05) is 0 Å². The van der Waals surface area contributed by atoms with Crippen LogP contribution in [0.25, 0.3) is 0 Å². The zero-order valence-corrected chi connectivity index (χ0v) is 11.1. The van der Waals surface area contributed by atoms with Crippen molar-refractivity contribution in [3.05, 3.63) is 32.3 Å². The molecule has 0 radical (unpaired) electrons. The molecule has 0 unspecified atom stereocenters. The molecule has 0 saturated heterocycles. The summed E-state index contributed by atoms with van der Waals surface area (Å²) < 4.78 is 8.10. The predicted octanol–water partition coefficient (Wildman–Crippen LogP) is 0.987. The second-order valence-electron chi connectivity index (χ2n) is 3.58. The van der Waals surface area contributed by atoms with Crippen LogP contribution in [-0.4, -0.2) is 34.5 Å². The number of carbonyl (C=O) groups is 2. The molecule has 1 aliphatic carbocycles. The van der Waals surface area contributed by atoms with Gasteiger partial charge in [-0.25, -0.2) is 0 Å². The molecule has 4 nitrogen and oxygen atoms in total. The van der Waals surface area contributed by atoms with E-state index in [1.165, 1.54) is 11.3 Å². The summed E-state index contributed by atoms with van der Waals surface area (Å²) in [6, 6.07) is 0. The molecular weight excluding hydrogens is 291 g/mol. The summed E-state index contributed by atoms with van der Waals surface area (Å²) in [6.07, 6.45) is 0. The van der Waals surface area contributed by atoms with Gasteiger partial charge in [0.05, 0.1) is 0 Å². The van der Waals surface area contributed by atoms with E-state index < -0.39 is 0 Å². The van der Waals surface area contributed by atoms with Gasteiger partial charge in [0.25, 0.3) is 0 Å². The third-order valence-electron chi connectivity index (χ3n) is 2.63. The first kappa shape index (κ1) is 10.1. The topological polar surface area (TPSA) is 59.9 Å². The van der Waals surface area contributed by atoms with Gasteiger partial charge >= 0.3 is 102 Å². The molecule has 0 aromatic carbocycles. The Morgan fingerprint density at radius 1 is 0.938 bits per heavy atom. The van der Waals surface area contributed by atoms with Crippen molar-refractivity contribution in [1.82, 2.24) is 7.96 Å². The SMILES string of the molecule is Cc1sc(C)c2c1C(=O)c1n[se]nc1C2=O. The van der Waals surface area contributed by atoms with E-state index in [0.29, 0.717) is 11.1 Å². The summed E-state index contributed by atoms with van der Waals surface area (Å²) in [7, 11) is 0. The number of hydrogen-bond donors (Lipinski definition) is 0. The molecule has 0 atom stereocenters. The molecule has 1 aliphatic rings. The van der Waals surface area contributed by atoms with Crippen LogP contribution in [0, 0.1) is 13.8 Å². The van der Waals surface area contributed by atoms with E-state index in [-0.39, 0.29) is 37.9 Å². The molecule has 0 spiro atoms. The molecule has 80 valence electrons. The van der Waals surface area contributed by atoms with E-state index in [1.807, 2.05) is 13.8 Å². The molecule has 0 N–H and O–H groups in total. The minimum absolute atomic E-state index is 0.130. The number of aryl methyl sites for hydroxylation is 2. The molecule has 2 aromatic rings. The Hall–Kier alpha value is -1.10. The van der Waals surface area contributed by atoms with Gasteiger partial charge < -0.3 is 0 Å². The van der Waals surface area contributed by atoms with Gasteiger partial charge in [0.2, 0.25) is 0 Å². The summed E-state index contributed by atoms with van der Waals surface area (Å²) in [4.78, 5) is 26.1. The van der Waals surface area contributed by atoms with Crippen LogP contribution in [0.2, 0.25) is 0 Å². The zero-order chi connectivity index (χ0) is 11.4. The van der Waals surface area contributed by atoms with E-state index in [4.69, 9.17) is 0 Å². The molecule has 0 bridgehead atoms. The van der Waals surface area contributed by atoms with Crippen molar-refractivity contribution in [3.63, 3.8) is 0 Å². The Morgan fingerprint density at radius 3 is 1.81 bits per heavy atom. The molecule has 0 saturated carbocycles. The maximum absolute atomic E-state index is 12.1. The maximum atomic E-state index is 12.1. The Labute approximate surface area is 102 Å². The standard InChI is InChI=1S/C10H6N2O2SSe/c1-3-5-6(4(2)15-3)10(14)8-7(9(5)13)11-16-12-8/h1-2H3. The fourth-order valence-electron chi connectivity index (χ4n) is 1.95. The van der Waals surface area contributed by atoms with Crippen LogP contribution in [0.1, 0.15) is 41.9 Å². The molecule has 0 aliphatic heterocycles. The number of fused-ring (bicyclic) bond motifs is 2.